The number of hydrogen-bond donors (Lipinski definition) is 1. The van der Waals surface area contributed by atoms with Gasteiger partial charge in [0, 0.05) is 24.5 Å². The molecule has 2 heteroatoms. The zero-order valence-corrected chi connectivity index (χ0v) is 14.7. The van der Waals surface area contributed by atoms with Crippen molar-refractivity contribution in [3.63, 3.8) is 0 Å². The summed E-state index contributed by atoms with van der Waals surface area (Å²) in [6.07, 6.45) is 9.84. The lowest BCUT2D eigenvalue weighted by atomic mass is 9.74. The smallest absolute Gasteiger partial charge is 0.0318 e. The van der Waals surface area contributed by atoms with Crippen molar-refractivity contribution in [3.8, 4) is 0 Å². The summed E-state index contributed by atoms with van der Waals surface area (Å²) in [6.45, 7) is 12.9. The first-order valence-electron chi connectivity index (χ1n) is 8.68. The van der Waals surface area contributed by atoms with Gasteiger partial charge in [-0.15, -0.1) is 0 Å². The highest BCUT2D eigenvalue weighted by Gasteiger charge is 2.33. The van der Waals surface area contributed by atoms with Crippen molar-refractivity contribution in [2.24, 2.45) is 16.6 Å². The summed E-state index contributed by atoms with van der Waals surface area (Å²) in [5.41, 5.74) is 9.96. The van der Waals surface area contributed by atoms with Gasteiger partial charge in [-0.3, -0.25) is 0 Å². The molecule has 0 aliphatic heterocycles. The normalized spacial score (nSPS) is 21.3. The van der Waals surface area contributed by atoms with Crippen LogP contribution in [0.5, 0.6) is 0 Å². The minimum atomic E-state index is 0.216. The lowest BCUT2D eigenvalue weighted by Gasteiger charge is -2.36. The van der Waals surface area contributed by atoms with E-state index in [1.165, 1.54) is 36.9 Å². The highest BCUT2D eigenvalue weighted by atomic mass is 15.0. The molecular weight excluding hydrogens is 256 g/mol. The van der Waals surface area contributed by atoms with Crippen LogP contribution in [0, 0.1) is 10.8 Å². The maximum atomic E-state index is 6.38. The van der Waals surface area contributed by atoms with Gasteiger partial charge in [0.05, 0.1) is 0 Å². The van der Waals surface area contributed by atoms with Gasteiger partial charge in [-0.2, -0.15) is 0 Å². The fourth-order valence-electron chi connectivity index (χ4n) is 3.84. The first kappa shape index (κ1) is 16.6. The van der Waals surface area contributed by atoms with Gasteiger partial charge in [0.2, 0.25) is 0 Å². The van der Waals surface area contributed by atoms with Crippen LogP contribution in [0.2, 0.25) is 0 Å². The molecule has 2 nitrogen and oxygen atoms in total. The van der Waals surface area contributed by atoms with Gasteiger partial charge in [-0.05, 0) is 41.7 Å². The number of unbranched alkanes of at least 4 members (excludes halogenated alkanes) is 2. The second-order valence-corrected chi connectivity index (χ2v) is 8.62. The van der Waals surface area contributed by atoms with Crippen LogP contribution < -0.4 is 5.73 Å². The van der Waals surface area contributed by atoms with E-state index in [0.717, 1.165) is 19.4 Å². The minimum Gasteiger partial charge on any atom is -0.351 e. The molecule has 2 N–H and O–H groups in total. The molecule has 0 saturated carbocycles. The molecular formula is C19H34N2. The highest BCUT2D eigenvalue weighted by Crippen LogP contribution is 2.40. The molecule has 2 rings (SSSR count). The van der Waals surface area contributed by atoms with Gasteiger partial charge < -0.3 is 10.3 Å². The van der Waals surface area contributed by atoms with E-state index in [1.54, 1.807) is 0 Å². The van der Waals surface area contributed by atoms with Crippen molar-refractivity contribution in [1.82, 2.24) is 4.57 Å². The molecule has 21 heavy (non-hydrogen) atoms. The molecule has 0 aromatic carbocycles. The van der Waals surface area contributed by atoms with Crippen LogP contribution in [0.4, 0.5) is 0 Å². The Morgan fingerprint density at radius 3 is 2.71 bits per heavy atom. The summed E-state index contributed by atoms with van der Waals surface area (Å²) >= 11 is 0. The quantitative estimate of drug-likeness (QED) is 0.729. The number of fused-ring (bicyclic) bond motifs is 1. The van der Waals surface area contributed by atoms with Crippen LogP contribution in [0.15, 0.2) is 12.3 Å². The second-order valence-electron chi connectivity index (χ2n) is 8.62. The zero-order valence-electron chi connectivity index (χ0n) is 14.7. The molecule has 1 unspecified atom stereocenters. The maximum absolute atomic E-state index is 6.38. The number of nitrogens with two attached hydrogens (primary N) is 1. The second kappa shape index (κ2) is 6.16. The van der Waals surface area contributed by atoms with Crippen LogP contribution >= 0.6 is 0 Å². The van der Waals surface area contributed by atoms with E-state index < -0.39 is 0 Å². The number of nitrogens with zero attached hydrogens (tertiary/aromatic N) is 1. The summed E-state index contributed by atoms with van der Waals surface area (Å²) in [5, 5.41) is 0. The van der Waals surface area contributed by atoms with E-state index >= 15 is 0 Å². The van der Waals surface area contributed by atoms with Gasteiger partial charge in [0.25, 0.3) is 0 Å². The van der Waals surface area contributed by atoms with Crippen molar-refractivity contribution >= 4 is 0 Å². The standard InChI is InChI=1S/C19H34N2/c1-6-7-8-10-18(2,3)14-21-11-9-15-16(20)12-19(4,5)13-17(15)21/h9,11,16H,6-8,10,12-14,20H2,1-5H3. The average Bonchev–Trinajstić information content (AvgIpc) is 2.70. The minimum absolute atomic E-state index is 0.216. The molecule has 1 atom stereocenters. The predicted molar refractivity (Wildman–Crippen MR) is 91.4 cm³/mol. The lowest BCUT2D eigenvalue weighted by molar-refractivity contribution is 0.245. The Morgan fingerprint density at radius 2 is 2.05 bits per heavy atom. The third-order valence-corrected chi connectivity index (χ3v) is 4.99. The van der Waals surface area contributed by atoms with Gasteiger partial charge in [-0.25, -0.2) is 0 Å². The van der Waals surface area contributed by atoms with E-state index in [0.29, 0.717) is 10.8 Å². The summed E-state index contributed by atoms with van der Waals surface area (Å²) in [5.74, 6) is 0. The molecule has 1 heterocycles. The van der Waals surface area contributed by atoms with Crippen molar-refractivity contribution in [1.29, 1.82) is 0 Å². The van der Waals surface area contributed by atoms with Crippen LogP contribution in [0.1, 0.15) is 84.0 Å². The molecule has 0 spiro atoms. The van der Waals surface area contributed by atoms with Gasteiger partial charge in [0.1, 0.15) is 0 Å². The van der Waals surface area contributed by atoms with Crippen LogP contribution in [-0.4, -0.2) is 4.57 Å². The Morgan fingerprint density at radius 1 is 1.33 bits per heavy atom. The molecule has 1 aliphatic rings. The highest BCUT2D eigenvalue weighted by molar-refractivity contribution is 5.30. The Hall–Kier alpha value is -0.760. The Kier molecular flexibility index (Phi) is 4.87. The SMILES string of the molecule is CCCCCC(C)(C)Cn1ccc2c1CC(C)(C)CC2N. The molecule has 120 valence electrons. The zero-order chi connectivity index (χ0) is 15.7. The van der Waals surface area contributed by atoms with E-state index in [-0.39, 0.29) is 6.04 Å². The van der Waals surface area contributed by atoms with Gasteiger partial charge in [-0.1, -0.05) is 53.9 Å². The number of hydrogen-bond acceptors (Lipinski definition) is 1. The van der Waals surface area contributed by atoms with Gasteiger partial charge >= 0.3 is 0 Å². The maximum Gasteiger partial charge on any atom is 0.0318 e. The van der Waals surface area contributed by atoms with Crippen molar-refractivity contribution < 1.29 is 0 Å². The lowest BCUT2D eigenvalue weighted by Crippen LogP contribution is -2.31. The molecule has 0 bridgehead atoms. The largest absolute Gasteiger partial charge is 0.351 e. The fourth-order valence-corrected chi connectivity index (χ4v) is 3.84. The summed E-state index contributed by atoms with van der Waals surface area (Å²) in [6, 6.07) is 2.48. The molecule has 0 radical (unpaired) electrons. The van der Waals surface area contributed by atoms with Crippen molar-refractivity contribution in [2.45, 2.75) is 85.7 Å². The third-order valence-electron chi connectivity index (χ3n) is 4.99. The molecule has 0 amide bonds. The Bertz CT molecular complexity index is 468. The molecule has 0 saturated heterocycles. The fraction of sp³-hybridized carbons (Fsp3) is 0.789. The molecule has 1 aromatic heterocycles. The molecule has 1 aliphatic carbocycles. The average molecular weight is 290 g/mol. The first-order valence-corrected chi connectivity index (χ1v) is 8.68. The van der Waals surface area contributed by atoms with Crippen molar-refractivity contribution in [3.05, 3.63) is 23.5 Å². The molecule has 0 fully saturated rings. The third kappa shape index (κ3) is 4.12. The topological polar surface area (TPSA) is 30.9 Å². The number of rotatable bonds is 6. The first-order chi connectivity index (χ1) is 9.74. The number of aromatic nitrogens is 1. The van der Waals surface area contributed by atoms with E-state index in [9.17, 15) is 0 Å². The summed E-state index contributed by atoms with van der Waals surface area (Å²) in [7, 11) is 0. The van der Waals surface area contributed by atoms with E-state index in [4.69, 9.17) is 5.73 Å². The van der Waals surface area contributed by atoms with E-state index in [1.807, 2.05) is 0 Å². The Labute approximate surface area is 131 Å². The Balaban J connectivity index is 2.12. The monoisotopic (exact) mass is 290 g/mol. The molecule has 1 aromatic rings. The van der Waals surface area contributed by atoms with Gasteiger partial charge in [0.15, 0.2) is 0 Å². The van der Waals surface area contributed by atoms with E-state index in [2.05, 4.69) is 51.4 Å². The van der Waals surface area contributed by atoms with Crippen LogP contribution in [0.3, 0.4) is 0 Å². The predicted octanol–water partition coefficient (Wildman–Crippen LogP) is 5.07. The summed E-state index contributed by atoms with van der Waals surface area (Å²) in [4.78, 5) is 0. The van der Waals surface area contributed by atoms with Crippen LogP contribution in [-0.2, 0) is 13.0 Å². The van der Waals surface area contributed by atoms with Crippen molar-refractivity contribution in [2.75, 3.05) is 0 Å². The summed E-state index contributed by atoms with van der Waals surface area (Å²) < 4.78 is 2.49. The van der Waals surface area contributed by atoms with Crippen LogP contribution in [0.25, 0.3) is 0 Å².